The number of nitro benzene ring substituents is 1. The van der Waals surface area contributed by atoms with Gasteiger partial charge in [0.2, 0.25) is 0 Å². The SMILES string of the molecule is O=C(NCc1cccc(Cl)c1)c1cccc([N+](=O)[O-])c1. The van der Waals surface area contributed by atoms with Gasteiger partial charge in [0.15, 0.2) is 0 Å². The molecular weight excluding hydrogens is 280 g/mol. The van der Waals surface area contributed by atoms with Crippen LogP contribution in [0.5, 0.6) is 0 Å². The van der Waals surface area contributed by atoms with Gasteiger partial charge in [-0.3, -0.25) is 14.9 Å². The zero-order valence-electron chi connectivity index (χ0n) is 10.4. The first kappa shape index (κ1) is 14.0. The lowest BCUT2D eigenvalue weighted by Crippen LogP contribution is -2.22. The Morgan fingerprint density at radius 3 is 2.65 bits per heavy atom. The van der Waals surface area contributed by atoms with E-state index >= 15 is 0 Å². The predicted octanol–water partition coefficient (Wildman–Crippen LogP) is 3.18. The normalized spacial score (nSPS) is 10.1. The van der Waals surface area contributed by atoms with Crippen molar-refractivity contribution in [2.24, 2.45) is 0 Å². The highest BCUT2D eigenvalue weighted by atomic mass is 35.5. The summed E-state index contributed by atoms with van der Waals surface area (Å²) in [5.74, 6) is -0.367. The lowest BCUT2D eigenvalue weighted by atomic mass is 10.1. The second-order valence-corrected chi connectivity index (χ2v) is 4.56. The maximum absolute atomic E-state index is 11.9. The minimum atomic E-state index is -0.534. The summed E-state index contributed by atoms with van der Waals surface area (Å²) in [6.45, 7) is 0.308. The van der Waals surface area contributed by atoms with Crippen LogP contribution in [0, 0.1) is 10.1 Å². The number of hydrogen-bond donors (Lipinski definition) is 1. The van der Waals surface area contributed by atoms with Crippen molar-refractivity contribution in [1.82, 2.24) is 5.32 Å². The van der Waals surface area contributed by atoms with Crippen LogP contribution in [0.25, 0.3) is 0 Å². The van der Waals surface area contributed by atoms with E-state index in [0.29, 0.717) is 11.6 Å². The van der Waals surface area contributed by atoms with Crippen molar-refractivity contribution in [1.29, 1.82) is 0 Å². The van der Waals surface area contributed by atoms with E-state index in [1.807, 2.05) is 6.07 Å². The molecule has 5 nitrogen and oxygen atoms in total. The summed E-state index contributed by atoms with van der Waals surface area (Å²) >= 11 is 5.85. The zero-order chi connectivity index (χ0) is 14.5. The van der Waals surface area contributed by atoms with Crippen LogP contribution in [0.1, 0.15) is 15.9 Å². The van der Waals surface area contributed by atoms with Gasteiger partial charge in [-0.25, -0.2) is 0 Å². The lowest BCUT2D eigenvalue weighted by molar-refractivity contribution is -0.384. The molecule has 2 rings (SSSR count). The number of hydrogen-bond acceptors (Lipinski definition) is 3. The first-order valence-electron chi connectivity index (χ1n) is 5.83. The molecule has 0 radical (unpaired) electrons. The number of carbonyl (C=O) groups excluding carboxylic acids is 1. The van der Waals surface area contributed by atoms with Crippen molar-refractivity contribution in [3.8, 4) is 0 Å². The van der Waals surface area contributed by atoms with Crippen LogP contribution in [0.15, 0.2) is 48.5 Å². The van der Waals surface area contributed by atoms with Gasteiger partial charge in [-0.05, 0) is 23.8 Å². The van der Waals surface area contributed by atoms with Gasteiger partial charge in [-0.15, -0.1) is 0 Å². The van der Waals surface area contributed by atoms with Crippen LogP contribution in [0.3, 0.4) is 0 Å². The van der Waals surface area contributed by atoms with E-state index in [4.69, 9.17) is 11.6 Å². The maximum atomic E-state index is 11.9. The number of amides is 1. The molecule has 0 bridgehead atoms. The second-order valence-electron chi connectivity index (χ2n) is 4.12. The Morgan fingerprint density at radius 1 is 1.20 bits per heavy atom. The van der Waals surface area contributed by atoms with Crippen LogP contribution >= 0.6 is 11.6 Å². The molecule has 0 aliphatic rings. The highest BCUT2D eigenvalue weighted by molar-refractivity contribution is 6.30. The highest BCUT2D eigenvalue weighted by Gasteiger charge is 2.11. The molecule has 0 atom stereocenters. The smallest absolute Gasteiger partial charge is 0.270 e. The summed E-state index contributed by atoms with van der Waals surface area (Å²) < 4.78 is 0. The zero-order valence-corrected chi connectivity index (χ0v) is 11.1. The Balaban J connectivity index is 2.05. The average Bonchev–Trinajstić information content (AvgIpc) is 2.45. The highest BCUT2D eigenvalue weighted by Crippen LogP contribution is 2.14. The standard InChI is InChI=1S/C14H11ClN2O3/c15-12-5-1-3-10(7-12)9-16-14(18)11-4-2-6-13(8-11)17(19)20/h1-8H,9H2,(H,16,18). The van der Waals surface area contributed by atoms with Crippen molar-refractivity contribution in [3.63, 3.8) is 0 Å². The number of nitrogens with one attached hydrogen (secondary N) is 1. The Bertz CT molecular complexity index is 658. The quantitative estimate of drug-likeness (QED) is 0.694. The van der Waals surface area contributed by atoms with Crippen LogP contribution in [0.2, 0.25) is 5.02 Å². The third kappa shape index (κ3) is 3.55. The molecule has 1 amide bonds. The second kappa shape index (κ2) is 6.16. The molecule has 2 aromatic carbocycles. The fourth-order valence-corrected chi connectivity index (χ4v) is 1.90. The molecule has 0 fully saturated rings. The van der Waals surface area contributed by atoms with Crippen LogP contribution < -0.4 is 5.32 Å². The summed E-state index contributed by atoms with van der Waals surface area (Å²) in [6, 6.07) is 12.7. The number of benzene rings is 2. The van der Waals surface area contributed by atoms with Crippen molar-refractivity contribution >= 4 is 23.2 Å². The molecule has 20 heavy (non-hydrogen) atoms. The van der Waals surface area contributed by atoms with Crippen LogP contribution in [-0.2, 0) is 6.54 Å². The summed E-state index contributed by atoms with van der Waals surface area (Å²) in [5, 5.41) is 13.9. The van der Waals surface area contributed by atoms with Crippen molar-refractivity contribution < 1.29 is 9.72 Å². The largest absolute Gasteiger partial charge is 0.348 e. The monoisotopic (exact) mass is 290 g/mol. The molecule has 0 aliphatic carbocycles. The molecule has 0 spiro atoms. The van der Waals surface area contributed by atoms with E-state index in [0.717, 1.165) is 5.56 Å². The maximum Gasteiger partial charge on any atom is 0.270 e. The van der Waals surface area contributed by atoms with Gasteiger partial charge in [0.25, 0.3) is 11.6 Å². The number of carbonyl (C=O) groups is 1. The molecule has 0 saturated carbocycles. The van der Waals surface area contributed by atoms with E-state index in [-0.39, 0.29) is 17.2 Å². The summed E-state index contributed by atoms with van der Waals surface area (Å²) in [4.78, 5) is 22.0. The third-order valence-electron chi connectivity index (χ3n) is 2.66. The topological polar surface area (TPSA) is 72.2 Å². The molecule has 0 aliphatic heterocycles. The number of halogens is 1. The minimum Gasteiger partial charge on any atom is -0.348 e. The molecular formula is C14H11ClN2O3. The van der Waals surface area contributed by atoms with Gasteiger partial charge in [0, 0.05) is 29.3 Å². The van der Waals surface area contributed by atoms with Crippen molar-refractivity contribution in [3.05, 3.63) is 74.8 Å². The van der Waals surface area contributed by atoms with E-state index in [1.54, 1.807) is 18.2 Å². The van der Waals surface area contributed by atoms with Crippen LogP contribution in [-0.4, -0.2) is 10.8 Å². The molecule has 1 N–H and O–H groups in total. The van der Waals surface area contributed by atoms with Gasteiger partial charge in [-0.1, -0.05) is 29.8 Å². The first-order chi connectivity index (χ1) is 9.56. The number of rotatable bonds is 4. The van der Waals surface area contributed by atoms with E-state index in [1.165, 1.54) is 24.3 Å². The number of non-ortho nitro benzene ring substituents is 1. The Labute approximate surface area is 120 Å². The van der Waals surface area contributed by atoms with Crippen molar-refractivity contribution in [2.45, 2.75) is 6.54 Å². The average molecular weight is 291 g/mol. The molecule has 0 saturated heterocycles. The molecule has 0 aromatic heterocycles. The molecule has 0 unspecified atom stereocenters. The van der Waals surface area contributed by atoms with Gasteiger partial charge in [0.1, 0.15) is 0 Å². The fourth-order valence-electron chi connectivity index (χ4n) is 1.69. The third-order valence-corrected chi connectivity index (χ3v) is 2.90. The van der Waals surface area contributed by atoms with Gasteiger partial charge in [-0.2, -0.15) is 0 Å². The Hall–Kier alpha value is -2.40. The van der Waals surface area contributed by atoms with Gasteiger partial charge < -0.3 is 5.32 Å². The predicted molar refractivity (Wildman–Crippen MR) is 75.7 cm³/mol. The molecule has 0 heterocycles. The Morgan fingerprint density at radius 2 is 1.95 bits per heavy atom. The van der Waals surface area contributed by atoms with E-state index in [2.05, 4.69) is 5.32 Å². The lowest BCUT2D eigenvalue weighted by Gasteiger charge is -2.05. The fraction of sp³-hybridized carbons (Fsp3) is 0.0714. The van der Waals surface area contributed by atoms with Crippen molar-refractivity contribution in [2.75, 3.05) is 0 Å². The minimum absolute atomic E-state index is 0.111. The molecule has 6 heteroatoms. The Kier molecular flexibility index (Phi) is 4.32. The summed E-state index contributed by atoms with van der Waals surface area (Å²) in [6.07, 6.45) is 0. The van der Waals surface area contributed by atoms with E-state index in [9.17, 15) is 14.9 Å². The molecule has 2 aromatic rings. The van der Waals surface area contributed by atoms with Gasteiger partial charge in [0.05, 0.1) is 4.92 Å². The summed E-state index contributed by atoms with van der Waals surface area (Å²) in [5.41, 5.74) is 0.998. The van der Waals surface area contributed by atoms with E-state index < -0.39 is 4.92 Å². The van der Waals surface area contributed by atoms with Crippen LogP contribution in [0.4, 0.5) is 5.69 Å². The first-order valence-corrected chi connectivity index (χ1v) is 6.21. The summed E-state index contributed by atoms with van der Waals surface area (Å²) in [7, 11) is 0. The number of nitro groups is 1. The molecule has 102 valence electrons. The number of nitrogens with zero attached hydrogens (tertiary/aromatic N) is 1. The van der Waals surface area contributed by atoms with Gasteiger partial charge >= 0.3 is 0 Å².